The van der Waals surface area contributed by atoms with Gasteiger partial charge in [0.25, 0.3) is 35.8 Å². The fraction of sp³-hybridized carbons (Fsp3) is 0.600. The number of rotatable bonds is 16. The van der Waals surface area contributed by atoms with Gasteiger partial charge >= 0.3 is 98.6 Å². The van der Waals surface area contributed by atoms with Crippen LogP contribution in [0.3, 0.4) is 0 Å². The van der Waals surface area contributed by atoms with E-state index < -0.39 is 167 Å². The molecule has 5 aliphatic heterocycles. The first kappa shape index (κ1) is 56.7. The highest BCUT2D eigenvalue weighted by molar-refractivity contribution is 6.41. The van der Waals surface area contributed by atoms with Gasteiger partial charge in [0.05, 0.1) is 58.9 Å². The lowest BCUT2D eigenvalue weighted by Gasteiger charge is -2.27. The van der Waals surface area contributed by atoms with Crippen LogP contribution in [0.25, 0.3) is 0 Å². The summed E-state index contributed by atoms with van der Waals surface area (Å²) in [6.07, 6.45) is 0. The monoisotopic (exact) mass is 1030 g/mol. The molecule has 33 nitrogen and oxygen atoms in total. The number of carbonyl (C=O) groups excluding carboxylic acids is 9. The van der Waals surface area contributed by atoms with Gasteiger partial charge in [-0.1, -0.05) is 0 Å². The summed E-state index contributed by atoms with van der Waals surface area (Å²) in [6.45, 7) is -3.69. The Morgan fingerprint density at radius 1 is 0.657 bits per heavy atom. The van der Waals surface area contributed by atoms with Crippen LogP contribution in [0, 0.1) is 0 Å². The van der Waals surface area contributed by atoms with Crippen LogP contribution in [-0.2, 0) is 92.4 Å². The van der Waals surface area contributed by atoms with Crippen LogP contribution in [0.2, 0.25) is 0 Å². The first-order valence-electron chi connectivity index (χ1n) is 19.1. The summed E-state index contributed by atoms with van der Waals surface area (Å²) in [6, 6.07) is 0. The van der Waals surface area contributed by atoms with Crippen LogP contribution in [0.1, 0.15) is 0 Å². The van der Waals surface area contributed by atoms with Gasteiger partial charge in [-0.15, -0.1) is 18.6 Å². The Bertz CT molecular complexity index is 1780. The minimum absolute atomic E-state index is 0.0253. The largest absolute Gasteiger partial charge is 1.17 e. The molecule has 5 rings (SSSR count). The van der Waals surface area contributed by atoms with Crippen LogP contribution in [0.5, 0.6) is 0 Å². The Kier molecular flexibility index (Phi) is 26.0. The lowest BCUT2D eigenvalue weighted by Crippen LogP contribution is -2.49. The van der Waals surface area contributed by atoms with E-state index in [-0.39, 0.29) is 85.1 Å². The third kappa shape index (κ3) is 25.9. The minimum atomic E-state index is -3.21. The van der Waals surface area contributed by atoms with Crippen molar-refractivity contribution in [2.75, 3.05) is 118 Å². The molecule has 67 heavy (non-hydrogen) atoms. The molecule has 3 radical (unpaired) electrons. The standard InChI is InChI=1S/3C10H16N2O9.4Al/c3*13-7(14)3-11(4-8(15)16)1-2-12(5-9(17)18)6-10(19)21-20;;;;/h3*20H,1-6H2,(H,13,14)(H,15,16)(H,17,18);;;;/q;;;3*+2;+3/p-6. The molecule has 363 valence electrons. The maximum atomic E-state index is 12.3. The molecule has 2 bridgehead atoms. The Hall–Kier alpha value is -4.59. The predicted octanol–water partition coefficient (Wildman–Crippen LogP) is -8.71. The zero-order valence-corrected chi connectivity index (χ0v) is 39.6. The summed E-state index contributed by atoms with van der Waals surface area (Å²) in [7, 11) is 0. The van der Waals surface area contributed by atoms with Crippen molar-refractivity contribution in [3.05, 3.63) is 0 Å². The van der Waals surface area contributed by atoms with Crippen molar-refractivity contribution in [1.82, 2.24) is 29.4 Å². The number of hydrogen-bond acceptors (Lipinski definition) is 27. The van der Waals surface area contributed by atoms with E-state index >= 15 is 0 Å². The van der Waals surface area contributed by atoms with Gasteiger partial charge < -0.3 is 52.4 Å². The van der Waals surface area contributed by atoms with E-state index in [4.69, 9.17) is 36.9 Å². The number of nitrogens with zero attached hydrogens (tertiary/aromatic N) is 6. The van der Waals surface area contributed by atoms with Gasteiger partial charge in [0.2, 0.25) is 0 Å². The highest BCUT2D eigenvalue weighted by Crippen LogP contribution is 2.07. The number of aliphatic carboxylic acids is 3. The Morgan fingerprint density at radius 2 is 1.18 bits per heavy atom. The van der Waals surface area contributed by atoms with Crippen molar-refractivity contribution < 1.29 is 122 Å². The Labute approximate surface area is 401 Å². The zero-order chi connectivity index (χ0) is 49.3. The topological polar surface area (TPSA) is 409 Å². The van der Waals surface area contributed by atoms with Crippen molar-refractivity contribution in [3.8, 4) is 0 Å². The maximum absolute atomic E-state index is 12.3. The van der Waals surface area contributed by atoms with Crippen LogP contribution >= 0.6 is 0 Å². The normalized spacial score (nSPS) is 19.1. The van der Waals surface area contributed by atoms with E-state index in [0.717, 1.165) is 0 Å². The van der Waals surface area contributed by atoms with Crippen molar-refractivity contribution in [1.29, 1.82) is 0 Å². The minimum Gasteiger partial charge on any atom is -0.596 e. The summed E-state index contributed by atoms with van der Waals surface area (Å²) >= 11 is -7.58. The number of fused-ring (bicyclic) bond motifs is 10. The highest BCUT2D eigenvalue weighted by atomic mass is 27.3. The van der Waals surface area contributed by atoms with Crippen molar-refractivity contribution in [2.24, 2.45) is 0 Å². The van der Waals surface area contributed by atoms with Gasteiger partial charge in [-0.05, 0) is 0 Å². The maximum Gasteiger partial charge on any atom is 1.17 e. The summed E-state index contributed by atoms with van der Waals surface area (Å²) in [5.41, 5.74) is 0. The molecule has 0 aromatic carbocycles. The molecule has 5 heterocycles. The molecule has 5 aliphatic rings. The number of hydrogen-bond donors (Lipinski definition) is 3. The predicted molar refractivity (Wildman–Crippen MR) is 208 cm³/mol. The lowest BCUT2D eigenvalue weighted by atomic mass is 10.4. The van der Waals surface area contributed by atoms with E-state index in [9.17, 15) is 62.6 Å². The molecule has 0 aliphatic carbocycles. The molecule has 5 saturated heterocycles. The molecule has 0 amide bonds. The van der Waals surface area contributed by atoms with Gasteiger partial charge in [0.1, 0.15) is 0 Å². The molecule has 37 heteroatoms. The average molecular weight is 1030 g/mol. The molecule has 0 aromatic rings. The van der Waals surface area contributed by atoms with E-state index in [1.54, 1.807) is 0 Å². The molecule has 0 spiro atoms. The van der Waals surface area contributed by atoms with Gasteiger partial charge in [0.15, 0.2) is 19.6 Å². The van der Waals surface area contributed by atoms with E-state index in [1.165, 1.54) is 29.4 Å². The van der Waals surface area contributed by atoms with E-state index in [2.05, 4.69) is 22.5 Å². The third-order valence-corrected chi connectivity index (χ3v) is 11.2. The molecular weight excluding hydrogens is 984 g/mol. The van der Waals surface area contributed by atoms with Gasteiger partial charge in [0, 0.05) is 39.3 Å². The molecule has 0 atom stereocenters. The SMILES string of the molecule is O=C(O)CN1CCN(CC(=O)[O][Al][O]OC(=[OH+])CN(CCN2CC(=O)[O][Al][O]C(=O)C2)CC(=O)O)CC(=O)[O][Al][O]OC(=[OH+])C1.O=C(O)CN1CCN2CC(=O)[O][Al]([O]OC(=[OH+])C1)[O]C(=O)C2. The van der Waals surface area contributed by atoms with Crippen molar-refractivity contribution in [2.45, 2.75) is 0 Å². The second-order valence-electron chi connectivity index (χ2n) is 13.7. The summed E-state index contributed by atoms with van der Waals surface area (Å²) in [5, 5.41) is 27.1. The van der Waals surface area contributed by atoms with Crippen molar-refractivity contribution in [3.63, 3.8) is 0 Å². The molecule has 0 aromatic heterocycles. The van der Waals surface area contributed by atoms with Crippen LogP contribution < -0.4 is 0 Å². The summed E-state index contributed by atoms with van der Waals surface area (Å²) < 4.78 is 43.0. The average Bonchev–Trinajstić information content (AvgIpc) is 3.20. The Balaban J connectivity index is 0.000000449. The first-order valence-corrected chi connectivity index (χ1v) is 23.3. The van der Waals surface area contributed by atoms with Crippen LogP contribution in [0.4, 0.5) is 0 Å². The second kappa shape index (κ2) is 30.7. The molecular formula is C30H42Al4N6O27+3. The summed E-state index contributed by atoms with van der Waals surface area (Å²) in [4.78, 5) is 155. The first-order chi connectivity index (χ1) is 31.8. The smallest absolute Gasteiger partial charge is 0.596 e. The highest BCUT2D eigenvalue weighted by Gasteiger charge is 2.52. The number of carbonyl (C=O) groups is 9. The van der Waals surface area contributed by atoms with Crippen LogP contribution in [-0.4, -0.2) is 311 Å². The van der Waals surface area contributed by atoms with Crippen LogP contribution in [0.15, 0.2) is 0 Å². The lowest BCUT2D eigenvalue weighted by molar-refractivity contribution is -0.186. The zero-order valence-electron chi connectivity index (χ0n) is 35.0. The fourth-order valence-electron chi connectivity index (χ4n) is 5.48. The molecule has 0 saturated carbocycles. The number of carboxylic acids is 3. The van der Waals surface area contributed by atoms with E-state index in [0.29, 0.717) is 0 Å². The fourth-order valence-corrected chi connectivity index (χ4v) is 7.53. The molecule has 5 fully saturated rings. The molecule has 0 unspecified atom stereocenters. The summed E-state index contributed by atoms with van der Waals surface area (Å²) in [5.74, 6) is -9.82. The van der Waals surface area contributed by atoms with E-state index in [1.807, 2.05) is 0 Å². The van der Waals surface area contributed by atoms with Gasteiger partial charge in [-0.3, -0.25) is 72.6 Å². The number of carboxylic acid groups (broad SMARTS) is 3. The quantitative estimate of drug-likeness (QED) is 0.0425. The third-order valence-electron chi connectivity index (χ3n) is 8.23. The molecule has 6 N–H and O–H groups in total. The van der Waals surface area contributed by atoms with Crippen molar-refractivity contribution >= 4 is 134 Å². The van der Waals surface area contributed by atoms with Gasteiger partial charge in [-0.2, -0.15) is 7.88 Å². The Morgan fingerprint density at radius 3 is 1.75 bits per heavy atom. The second-order valence-corrected chi connectivity index (χ2v) is 16.8. The van der Waals surface area contributed by atoms with Gasteiger partial charge in [-0.25, -0.2) is 0 Å².